The minimum atomic E-state index is -0.435. The van der Waals surface area contributed by atoms with Crippen molar-refractivity contribution < 1.29 is 19.1 Å². The lowest BCUT2D eigenvalue weighted by molar-refractivity contribution is 0.0469. The summed E-state index contributed by atoms with van der Waals surface area (Å²) in [7, 11) is 0. The zero-order chi connectivity index (χ0) is 15.9. The van der Waals surface area contributed by atoms with Gasteiger partial charge in [-0.25, -0.2) is 9.59 Å². The van der Waals surface area contributed by atoms with E-state index in [4.69, 9.17) is 9.47 Å². The summed E-state index contributed by atoms with van der Waals surface area (Å²) in [5.74, 6) is -0.841. The number of hydrogen-bond donors (Lipinski definition) is 0. The lowest BCUT2D eigenvalue weighted by Gasteiger charge is -2.06. The zero-order valence-corrected chi connectivity index (χ0v) is 13.6. The molecule has 0 aliphatic rings. The molecule has 22 heavy (non-hydrogen) atoms. The number of esters is 2. The number of hydrogen-bond acceptors (Lipinski definition) is 4. The molecule has 0 atom stereocenters. The molecular formula is C17H15BrO4. The largest absolute Gasteiger partial charge is 0.462 e. The molecule has 0 amide bonds. The summed E-state index contributed by atoms with van der Waals surface area (Å²) in [6.07, 6.45) is 0. The Bertz CT molecular complexity index is 665. The number of carbonyl (C=O) groups is 2. The Balaban J connectivity index is 1.96. The van der Waals surface area contributed by atoms with Gasteiger partial charge in [0.2, 0.25) is 0 Å². The average Bonchev–Trinajstić information content (AvgIpc) is 2.53. The molecule has 0 unspecified atom stereocenters. The molecule has 0 N–H and O–H groups in total. The second-order valence-corrected chi connectivity index (χ2v) is 5.42. The molecule has 0 aliphatic carbocycles. The van der Waals surface area contributed by atoms with Crippen LogP contribution in [0.2, 0.25) is 0 Å². The van der Waals surface area contributed by atoms with E-state index in [9.17, 15) is 9.59 Å². The molecule has 2 rings (SSSR count). The standard InChI is InChI=1S/C17H15BrO4/c1-2-21-16(19)13-6-8-14(9-7-13)17(20)22-11-12-4-3-5-15(18)10-12/h3-10H,2,11H2,1H3. The van der Waals surface area contributed by atoms with Gasteiger partial charge in [0, 0.05) is 4.47 Å². The van der Waals surface area contributed by atoms with Crippen molar-refractivity contribution >= 4 is 27.9 Å². The van der Waals surface area contributed by atoms with Gasteiger partial charge in [-0.15, -0.1) is 0 Å². The molecule has 2 aromatic rings. The predicted molar refractivity (Wildman–Crippen MR) is 85.7 cm³/mol. The molecule has 0 saturated carbocycles. The Kier molecular flexibility index (Phi) is 5.72. The molecular weight excluding hydrogens is 348 g/mol. The molecule has 0 aliphatic heterocycles. The van der Waals surface area contributed by atoms with E-state index in [2.05, 4.69) is 15.9 Å². The zero-order valence-electron chi connectivity index (χ0n) is 12.0. The number of benzene rings is 2. The van der Waals surface area contributed by atoms with E-state index in [-0.39, 0.29) is 6.61 Å². The first kappa shape index (κ1) is 16.2. The van der Waals surface area contributed by atoms with Gasteiger partial charge < -0.3 is 9.47 Å². The van der Waals surface area contributed by atoms with Gasteiger partial charge in [0.15, 0.2) is 0 Å². The summed E-state index contributed by atoms with van der Waals surface area (Å²) in [5.41, 5.74) is 1.69. The molecule has 114 valence electrons. The van der Waals surface area contributed by atoms with Gasteiger partial charge in [-0.2, -0.15) is 0 Å². The van der Waals surface area contributed by atoms with E-state index in [0.717, 1.165) is 10.0 Å². The smallest absolute Gasteiger partial charge is 0.338 e. The Hall–Kier alpha value is -2.14. The van der Waals surface area contributed by atoms with Crippen molar-refractivity contribution in [2.75, 3.05) is 6.61 Å². The maximum atomic E-state index is 12.0. The third-order valence-electron chi connectivity index (χ3n) is 2.89. The van der Waals surface area contributed by atoms with Crippen LogP contribution < -0.4 is 0 Å². The van der Waals surface area contributed by atoms with E-state index in [0.29, 0.717) is 17.7 Å². The maximum Gasteiger partial charge on any atom is 0.338 e. The van der Waals surface area contributed by atoms with Crippen LogP contribution in [0.5, 0.6) is 0 Å². The van der Waals surface area contributed by atoms with Gasteiger partial charge in [0.05, 0.1) is 17.7 Å². The summed E-state index contributed by atoms with van der Waals surface area (Å²) in [6, 6.07) is 13.7. The lowest BCUT2D eigenvalue weighted by atomic mass is 10.1. The van der Waals surface area contributed by atoms with Gasteiger partial charge in [-0.05, 0) is 48.9 Å². The second-order valence-electron chi connectivity index (χ2n) is 4.50. The summed E-state index contributed by atoms with van der Waals surface area (Å²) >= 11 is 3.36. The minimum absolute atomic E-state index is 0.192. The third-order valence-corrected chi connectivity index (χ3v) is 3.38. The quantitative estimate of drug-likeness (QED) is 0.754. The highest BCUT2D eigenvalue weighted by Gasteiger charge is 2.10. The molecule has 0 fully saturated rings. The van der Waals surface area contributed by atoms with Gasteiger partial charge >= 0.3 is 11.9 Å². The normalized spacial score (nSPS) is 10.1. The van der Waals surface area contributed by atoms with Gasteiger partial charge in [-0.3, -0.25) is 0 Å². The molecule has 5 heteroatoms. The second kappa shape index (κ2) is 7.75. The molecule has 0 spiro atoms. The lowest BCUT2D eigenvalue weighted by Crippen LogP contribution is -2.07. The summed E-state index contributed by atoms with van der Waals surface area (Å²) < 4.78 is 11.1. The molecule has 4 nitrogen and oxygen atoms in total. The molecule has 2 aromatic carbocycles. The van der Waals surface area contributed by atoms with Crippen LogP contribution in [0.1, 0.15) is 33.2 Å². The topological polar surface area (TPSA) is 52.6 Å². The predicted octanol–water partition coefficient (Wildman–Crippen LogP) is 3.98. The van der Waals surface area contributed by atoms with Crippen LogP contribution in [-0.2, 0) is 16.1 Å². The fraction of sp³-hybridized carbons (Fsp3) is 0.176. The first-order valence-electron chi connectivity index (χ1n) is 6.79. The van der Waals surface area contributed by atoms with Crippen LogP contribution >= 0.6 is 15.9 Å². The van der Waals surface area contributed by atoms with E-state index in [1.54, 1.807) is 31.2 Å². The molecule has 0 saturated heterocycles. The fourth-order valence-corrected chi connectivity index (χ4v) is 2.26. The van der Waals surface area contributed by atoms with Gasteiger partial charge in [-0.1, -0.05) is 28.1 Å². The first-order chi connectivity index (χ1) is 10.6. The molecule has 0 aromatic heterocycles. The van der Waals surface area contributed by atoms with E-state index >= 15 is 0 Å². The Morgan fingerprint density at radius 1 is 0.955 bits per heavy atom. The molecule has 0 heterocycles. The highest BCUT2D eigenvalue weighted by Crippen LogP contribution is 2.13. The first-order valence-corrected chi connectivity index (χ1v) is 7.58. The Morgan fingerprint density at radius 3 is 2.09 bits per heavy atom. The van der Waals surface area contributed by atoms with E-state index in [1.807, 2.05) is 24.3 Å². The summed E-state index contributed by atoms with van der Waals surface area (Å²) in [4.78, 5) is 23.5. The van der Waals surface area contributed by atoms with E-state index in [1.165, 1.54) is 0 Å². The van der Waals surface area contributed by atoms with Crippen molar-refractivity contribution in [1.29, 1.82) is 0 Å². The monoisotopic (exact) mass is 362 g/mol. The van der Waals surface area contributed by atoms with Crippen LogP contribution in [0.25, 0.3) is 0 Å². The van der Waals surface area contributed by atoms with Gasteiger partial charge in [0.1, 0.15) is 6.61 Å². The van der Waals surface area contributed by atoms with Crippen molar-refractivity contribution in [3.05, 3.63) is 69.7 Å². The van der Waals surface area contributed by atoms with Crippen LogP contribution in [0.4, 0.5) is 0 Å². The Morgan fingerprint density at radius 2 is 1.55 bits per heavy atom. The average molecular weight is 363 g/mol. The van der Waals surface area contributed by atoms with Crippen LogP contribution in [-0.4, -0.2) is 18.5 Å². The maximum absolute atomic E-state index is 12.0. The van der Waals surface area contributed by atoms with Crippen molar-refractivity contribution in [3.63, 3.8) is 0 Å². The number of rotatable bonds is 5. The summed E-state index contributed by atoms with van der Waals surface area (Å²) in [5, 5.41) is 0. The number of halogens is 1. The summed E-state index contributed by atoms with van der Waals surface area (Å²) in [6.45, 7) is 2.25. The van der Waals surface area contributed by atoms with E-state index < -0.39 is 11.9 Å². The number of carbonyl (C=O) groups excluding carboxylic acids is 2. The molecule has 0 bridgehead atoms. The van der Waals surface area contributed by atoms with Gasteiger partial charge in [0.25, 0.3) is 0 Å². The minimum Gasteiger partial charge on any atom is -0.462 e. The third kappa shape index (κ3) is 4.43. The SMILES string of the molecule is CCOC(=O)c1ccc(C(=O)OCc2cccc(Br)c2)cc1. The number of ether oxygens (including phenoxy) is 2. The van der Waals surface area contributed by atoms with Crippen LogP contribution in [0.15, 0.2) is 53.0 Å². The van der Waals surface area contributed by atoms with Crippen molar-refractivity contribution in [2.45, 2.75) is 13.5 Å². The highest BCUT2D eigenvalue weighted by molar-refractivity contribution is 9.10. The van der Waals surface area contributed by atoms with Crippen molar-refractivity contribution in [2.24, 2.45) is 0 Å². The molecule has 0 radical (unpaired) electrons. The van der Waals surface area contributed by atoms with Crippen molar-refractivity contribution in [3.8, 4) is 0 Å². The fourth-order valence-electron chi connectivity index (χ4n) is 1.82. The van der Waals surface area contributed by atoms with Crippen molar-refractivity contribution in [1.82, 2.24) is 0 Å². The Labute approximate surface area is 137 Å². The van der Waals surface area contributed by atoms with Crippen LogP contribution in [0, 0.1) is 0 Å². The highest BCUT2D eigenvalue weighted by atomic mass is 79.9. The van der Waals surface area contributed by atoms with Crippen LogP contribution in [0.3, 0.4) is 0 Å².